The first-order valence-corrected chi connectivity index (χ1v) is 7.10. The second kappa shape index (κ2) is 6.70. The van der Waals surface area contributed by atoms with Gasteiger partial charge in [-0.05, 0) is 49.8 Å². The zero-order valence-corrected chi connectivity index (χ0v) is 11.8. The number of thioether (sulfide) groups is 1. The smallest absolute Gasteiger partial charge is 0.173 e. The van der Waals surface area contributed by atoms with Gasteiger partial charge in [-0.3, -0.25) is 4.79 Å². The number of carbonyl (C=O) groups excluding carboxylic acids is 1. The van der Waals surface area contributed by atoms with Crippen LogP contribution in [0.3, 0.4) is 0 Å². The van der Waals surface area contributed by atoms with Gasteiger partial charge in [0.25, 0.3) is 0 Å². The van der Waals surface area contributed by atoms with E-state index in [-0.39, 0.29) is 5.78 Å². The van der Waals surface area contributed by atoms with Crippen molar-refractivity contribution in [1.82, 2.24) is 0 Å². The Morgan fingerprint density at radius 1 is 1.24 bits per heavy atom. The summed E-state index contributed by atoms with van der Waals surface area (Å²) in [5, 5.41) is 0. The van der Waals surface area contributed by atoms with Crippen LogP contribution in [-0.2, 0) is 0 Å². The minimum Gasteiger partial charge on any atom is -0.494 e. The Morgan fingerprint density at radius 3 is 2.29 bits per heavy atom. The van der Waals surface area contributed by atoms with Gasteiger partial charge in [-0.25, -0.2) is 0 Å². The summed E-state index contributed by atoms with van der Waals surface area (Å²) in [6.45, 7) is 8.62. The molecule has 0 atom stereocenters. The fourth-order valence-corrected chi connectivity index (χ4v) is 2.41. The van der Waals surface area contributed by atoms with E-state index in [9.17, 15) is 4.79 Å². The lowest BCUT2D eigenvalue weighted by Crippen LogP contribution is -2.08. The van der Waals surface area contributed by atoms with Crippen molar-refractivity contribution in [3.05, 3.63) is 28.8 Å². The number of Topliss-reactive ketones (excluding diaryl/α,β-unsaturated/α-hetero) is 1. The van der Waals surface area contributed by atoms with Crippen LogP contribution in [0.5, 0.6) is 5.75 Å². The number of rotatable bonds is 6. The van der Waals surface area contributed by atoms with Crippen LogP contribution in [0, 0.1) is 13.8 Å². The van der Waals surface area contributed by atoms with Gasteiger partial charge in [0.15, 0.2) is 5.78 Å². The quantitative estimate of drug-likeness (QED) is 0.723. The van der Waals surface area contributed by atoms with Gasteiger partial charge in [0.2, 0.25) is 0 Å². The third-order valence-electron chi connectivity index (χ3n) is 2.53. The third kappa shape index (κ3) is 3.77. The molecule has 0 heterocycles. The summed E-state index contributed by atoms with van der Waals surface area (Å²) >= 11 is 1.66. The number of ketones is 1. The summed E-state index contributed by atoms with van der Waals surface area (Å²) in [6, 6.07) is 3.89. The standard InChI is InChI=1S/C14H20O2S/c1-5-16-12-7-10(3)14(11(4)8-12)13(15)9-17-6-2/h7-8H,5-6,9H2,1-4H3. The molecule has 0 amide bonds. The number of benzene rings is 1. The molecule has 0 bridgehead atoms. The van der Waals surface area contributed by atoms with Gasteiger partial charge in [0.05, 0.1) is 12.4 Å². The molecule has 0 aliphatic rings. The number of carbonyl (C=O) groups is 1. The fourth-order valence-electron chi connectivity index (χ4n) is 1.88. The molecule has 0 unspecified atom stereocenters. The molecular weight excluding hydrogens is 232 g/mol. The average Bonchev–Trinajstić information content (AvgIpc) is 2.25. The van der Waals surface area contributed by atoms with Crippen LogP contribution >= 0.6 is 11.8 Å². The van der Waals surface area contributed by atoms with E-state index < -0.39 is 0 Å². The molecule has 0 aliphatic carbocycles. The third-order valence-corrected chi connectivity index (χ3v) is 3.41. The van der Waals surface area contributed by atoms with Gasteiger partial charge in [-0.2, -0.15) is 11.8 Å². The Morgan fingerprint density at radius 2 is 1.82 bits per heavy atom. The summed E-state index contributed by atoms with van der Waals surface area (Å²) in [5.41, 5.74) is 2.87. The summed E-state index contributed by atoms with van der Waals surface area (Å²) in [6.07, 6.45) is 0. The van der Waals surface area contributed by atoms with Crippen LogP contribution in [0.1, 0.15) is 35.3 Å². The van der Waals surface area contributed by atoms with Gasteiger partial charge < -0.3 is 4.74 Å². The molecule has 1 aromatic carbocycles. The first-order valence-electron chi connectivity index (χ1n) is 5.95. The Balaban J connectivity index is 2.96. The Labute approximate surface area is 108 Å². The van der Waals surface area contributed by atoms with Gasteiger partial charge in [0, 0.05) is 5.56 Å². The topological polar surface area (TPSA) is 26.3 Å². The number of hydrogen-bond donors (Lipinski definition) is 0. The first-order chi connectivity index (χ1) is 8.10. The highest BCUT2D eigenvalue weighted by molar-refractivity contribution is 7.99. The number of ether oxygens (including phenoxy) is 1. The molecule has 0 saturated heterocycles. The molecule has 17 heavy (non-hydrogen) atoms. The Bertz CT molecular complexity index is 376. The molecule has 0 radical (unpaired) electrons. The van der Waals surface area contributed by atoms with Crippen molar-refractivity contribution < 1.29 is 9.53 Å². The van der Waals surface area contributed by atoms with Gasteiger partial charge in [-0.15, -0.1) is 0 Å². The van der Waals surface area contributed by atoms with Crippen LogP contribution < -0.4 is 4.74 Å². The zero-order valence-electron chi connectivity index (χ0n) is 11.0. The highest BCUT2D eigenvalue weighted by atomic mass is 32.2. The highest BCUT2D eigenvalue weighted by Gasteiger charge is 2.13. The maximum atomic E-state index is 12.1. The molecule has 1 aromatic rings. The van der Waals surface area contributed by atoms with Gasteiger partial charge >= 0.3 is 0 Å². The molecule has 0 aliphatic heterocycles. The van der Waals surface area contributed by atoms with E-state index in [2.05, 4.69) is 6.92 Å². The van der Waals surface area contributed by atoms with E-state index in [1.165, 1.54) is 0 Å². The average molecular weight is 252 g/mol. The molecule has 0 aromatic heterocycles. The maximum Gasteiger partial charge on any atom is 0.173 e. The minimum atomic E-state index is 0.217. The van der Waals surface area contributed by atoms with E-state index >= 15 is 0 Å². The molecule has 0 fully saturated rings. The molecule has 0 saturated carbocycles. The van der Waals surface area contributed by atoms with E-state index in [0.717, 1.165) is 28.2 Å². The zero-order chi connectivity index (χ0) is 12.8. The van der Waals surface area contributed by atoms with Crippen LogP contribution in [0.2, 0.25) is 0 Å². The number of aryl methyl sites for hydroxylation is 2. The van der Waals surface area contributed by atoms with E-state index in [1.807, 2.05) is 32.9 Å². The lowest BCUT2D eigenvalue weighted by Gasteiger charge is -2.11. The Kier molecular flexibility index (Phi) is 5.56. The molecular formula is C14H20O2S. The van der Waals surface area contributed by atoms with Crippen molar-refractivity contribution in [3.8, 4) is 5.75 Å². The lowest BCUT2D eigenvalue weighted by molar-refractivity contribution is 0.102. The molecule has 0 N–H and O–H groups in total. The predicted octanol–water partition coefficient (Wildman–Crippen LogP) is 3.64. The molecule has 3 heteroatoms. The fraction of sp³-hybridized carbons (Fsp3) is 0.500. The molecule has 0 spiro atoms. The van der Waals surface area contributed by atoms with Crippen LogP contribution in [0.4, 0.5) is 0 Å². The number of hydrogen-bond acceptors (Lipinski definition) is 3. The molecule has 94 valence electrons. The van der Waals surface area contributed by atoms with Gasteiger partial charge in [0.1, 0.15) is 5.75 Å². The minimum absolute atomic E-state index is 0.217. The van der Waals surface area contributed by atoms with Crippen molar-refractivity contribution in [2.75, 3.05) is 18.1 Å². The molecule has 2 nitrogen and oxygen atoms in total. The SMILES string of the molecule is CCOc1cc(C)c(C(=O)CSCC)c(C)c1. The predicted molar refractivity (Wildman–Crippen MR) is 74.4 cm³/mol. The van der Waals surface area contributed by atoms with Crippen molar-refractivity contribution in [2.24, 2.45) is 0 Å². The first kappa shape index (κ1) is 14.1. The second-order valence-corrected chi connectivity index (χ2v) is 5.20. The summed E-state index contributed by atoms with van der Waals surface area (Å²) < 4.78 is 5.47. The van der Waals surface area contributed by atoms with Crippen molar-refractivity contribution in [3.63, 3.8) is 0 Å². The largest absolute Gasteiger partial charge is 0.494 e. The van der Waals surface area contributed by atoms with E-state index in [4.69, 9.17) is 4.74 Å². The van der Waals surface area contributed by atoms with Crippen LogP contribution in [-0.4, -0.2) is 23.9 Å². The van der Waals surface area contributed by atoms with Crippen LogP contribution in [0.25, 0.3) is 0 Å². The lowest BCUT2D eigenvalue weighted by atomic mass is 9.99. The monoisotopic (exact) mass is 252 g/mol. The second-order valence-electron chi connectivity index (χ2n) is 3.93. The van der Waals surface area contributed by atoms with E-state index in [1.54, 1.807) is 11.8 Å². The molecule has 1 rings (SSSR count). The summed E-state index contributed by atoms with van der Waals surface area (Å²) in [7, 11) is 0. The van der Waals surface area contributed by atoms with Crippen molar-refractivity contribution in [2.45, 2.75) is 27.7 Å². The summed E-state index contributed by atoms with van der Waals surface area (Å²) in [4.78, 5) is 12.1. The summed E-state index contributed by atoms with van der Waals surface area (Å²) in [5.74, 6) is 2.60. The maximum absolute atomic E-state index is 12.1. The van der Waals surface area contributed by atoms with E-state index in [0.29, 0.717) is 12.4 Å². The normalized spacial score (nSPS) is 10.4. The highest BCUT2D eigenvalue weighted by Crippen LogP contribution is 2.23. The Hall–Kier alpha value is -0.960. The van der Waals surface area contributed by atoms with Gasteiger partial charge in [-0.1, -0.05) is 6.92 Å². The van der Waals surface area contributed by atoms with Crippen molar-refractivity contribution in [1.29, 1.82) is 0 Å². The van der Waals surface area contributed by atoms with Crippen molar-refractivity contribution >= 4 is 17.5 Å². The van der Waals surface area contributed by atoms with Crippen LogP contribution in [0.15, 0.2) is 12.1 Å².